The van der Waals surface area contributed by atoms with E-state index in [0.29, 0.717) is 11.8 Å². The summed E-state index contributed by atoms with van der Waals surface area (Å²) in [7, 11) is 0. The highest BCUT2D eigenvalue weighted by Gasteiger charge is 2.32. The van der Waals surface area contributed by atoms with Gasteiger partial charge in [0, 0.05) is 12.4 Å². The lowest BCUT2D eigenvalue weighted by Gasteiger charge is -2.15. The molecule has 0 bridgehead atoms. The van der Waals surface area contributed by atoms with Gasteiger partial charge in [-0.3, -0.25) is 0 Å². The fourth-order valence-electron chi connectivity index (χ4n) is 2.10. The molecule has 142 valence electrons. The summed E-state index contributed by atoms with van der Waals surface area (Å²) < 4.78 is 57.8. The minimum Gasteiger partial charge on any atom is -0.452 e. The van der Waals surface area contributed by atoms with Gasteiger partial charge in [0.2, 0.25) is 0 Å². The molecular weight excluding hydrogens is 400 g/mol. The Labute approximate surface area is 161 Å². The molecule has 0 fully saturated rings. The van der Waals surface area contributed by atoms with Crippen molar-refractivity contribution in [2.75, 3.05) is 5.32 Å². The number of benzene rings is 1. The van der Waals surface area contributed by atoms with Crippen molar-refractivity contribution in [2.24, 2.45) is 0 Å². The van der Waals surface area contributed by atoms with E-state index in [1.54, 1.807) is 0 Å². The third-order valence-electron chi connectivity index (χ3n) is 3.43. The number of hydrogen-bond donors (Lipinski definition) is 1. The van der Waals surface area contributed by atoms with Gasteiger partial charge in [0.05, 0.1) is 16.1 Å². The summed E-state index contributed by atoms with van der Waals surface area (Å²) in [6.45, 7) is 0. The van der Waals surface area contributed by atoms with Crippen LogP contribution < -0.4 is 10.1 Å². The lowest BCUT2D eigenvalue weighted by atomic mass is 10.2. The molecule has 0 aliphatic heterocycles. The number of rotatable bonds is 4. The zero-order valence-corrected chi connectivity index (χ0v) is 14.5. The number of nitriles is 1. The Bertz CT molecular complexity index is 1050. The van der Waals surface area contributed by atoms with E-state index >= 15 is 0 Å². The Kier molecular flexibility index (Phi) is 5.33. The average Bonchev–Trinajstić information content (AvgIpc) is 2.65. The lowest BCUT2D eigenvalue weighted by molar-refractivity contribution is -0.137. The van der Waals surface area contributed by atoms with Crippen LogP contribution in [0.5, 0.6) is 11.5 Å². The standard InChI is InChI=1S/C18H9ClF4N4O/c19-13-6-12(20)2-3-14(13)28-15-5-11(18(21,22)23)9-26-17(15)27-16-4-1-10(7-24)8-25-16/h1-6,8-9H,(H,25,26,27). The first-order chi connectivity index (χ1) is 13.3. The number of nitrogens with zero attached hydrogens (tertiary/aromatic N) is 3. The Morgan fingerprint density at radius 1 is 1.04 bits per heavy atom. The molecule has 3 rings (SSSR count). The number of halogens is 5. The number of aromatic nitrogens is 2. The van der Waals surface area contributed by atoms with Crippen LogP contribution in [0.25, 0.3) is 0 Å². The second-order valence-electron chi connectivity index (χ2n) is 5.41. The first-order valence-corrected chi connectivity index (χ1v) is 7.97. The van der Waals surface area contributed by atoms with Crippen molar-refractivity contribution in [3.8, 4) is 17.6 Å². The Balaban J connectivity index is 1.99. The molecule has 0 unspecified atom stereocenters. The van der Waals surface area contributed by atoms with Gasteiger partial charge in [0.15, 0.2) is 11.6 Å². The molecule has 2 aromatic heterocycles. The summed E-state index contributed by atoms with van der Waals surface area (Å²) in [5.74, 6) is -0.832. The van der Waals surface area contributed by atoms with Crippen molar-refractivity contribution in [3.05, 3.63) is 70.8 Å². The molecule has 0 radical (unpaired) electrons. The molecule has 1 N–H and O–H groups in total. The van der Waals surface area contributed by atoms with Gasteiger partial charge in [-0.05, 0) is 36.4 Å². The van der Waals surface area contributed by atoms with Crippen molar-refractivity contribution in [2.45, 2.75) is 6.18 Å². The van der Waals surface area contributed by atoms with Crippen molar-refractivity contribution in [1.29, 1.82) is 5.26 Å². The highest BCUT2D eigenvalue weighted by Crippen LogP contribution is 2.38. The van der Waals surface area contributed by atoms with Crippen LogP contribution in [-0.4, -0.2) is 9.97 Å². The predicted octanol–water partition coefficient (Wildman–Crippen LogP) is 5.70. The minimum absolute atomic E-state index is 0.0555. The van der Waals surface area contributed by atoms with Gasteiger partial charge in [0.25, 0.3) is 0 Å². The van der Waals surface area contributed by atoms with E-state index in [9.17, 15) is 17.6 Å². The maximum Gasteiger partial charge on any atom is 0.418 e. The fourth-order valence-corrected chi connectivity index (χ4v) is 2.31. The molecule has 0 aliphatic rings. The Morgan fingerprint density at radius 2 is 1.82 bits per heavy atom. The SMILES string of the molecule is N#Cc1ccc(Nc2ncc(C(F)(F)F)cc2Oc2ccc(F)cc2Cl)nc1. The highest BCUT2D eigenvalue weighted by molar-refractivity contribution is 6.32. The van der Waals surface area contributed by atoms with E-state index in [0.717, 1.165) is 18.2 Å². The van der Waals surface area contributed by atoms with E-state index in [1.165, 1.54) is 24.4 Å². The van der Waals surface area contributed by atoms with Crippen LogP contribution in [-0.2, 0) is 6.18 Å². The number of pyridine rings is 2. The second-order valence-corrected chi connectivity index (χ2v) is 5.82. The van der Waals surface area contributed by atoms with Gasteiger partial charge in [-0.25, -0.2) is 14.4 Å². The summed E-state index contributed by atoms with van der Waals surface area (Å²) >= 11 is 5.88. The molecule has 0 spiro atoms. The molecule has 0 atom stereocenters. The maximum atomic E-state index is 13.2. The number of anilines is 2. The summed E-state index contributed by atoms with van der Waals surface area (Å²) in [4.78, 5) is 7.71. The first-order valence-electron chi connectivity index (χ1n) is 7.59. The van der Waals surface area contributed by atoms with Crippen LogP contribution in [0.1, 0.15) is 11.1 Å². The summed E-state index contributed by atoms with van der Waals surface area (Å²) in [6, 6.07) is 8.75. The van der Waals surface area contributed by atoms with Gasteiger partial charge >= 0.3 is 6.18 Å². The number of ether oxygens (including phenoxy) is 1. The summed E-state index contributed by atoms with van der Waals surface area (Å²) in [5.41, 5.74) is -0.737. The quantitative estimate of drug-likeness (QED) is 0.561. The van der Waals surface area contributed by atoms with Crippen LogP contribution in [0.15, 0.2) is 48.8 Å². The number of nitrogens with one attached hydrogen (secondary N) is 1. The number of alkyl halides is 3. The maximum absolute atomic E-state index is 13.2. The largest absolute Gasteiger partial charge is 0.452 e. The smallest absolute Gasteiger partial charge is 0.418 e. The van der Waals surface area contributed by atoms with Gasteiger partial charge in [0.1, 0.15) is 23.5 Å². The van der Waals surface area contributed by atoms with Crippen molar-refractivity contribution in [3.63, 3.8) is 0 Å². The molecular formula is C18H9ClF4N4O. The van der Waals surface area contributed by atoms with E-state index < -0.39 is 17.6 Å². The highest BCUT2D eigenvalue weighted by atomic mass is 35.5. The summed E-state index contributed by atoms with van der Waals surface area (Å²) in [5, 5.41) is 11.4. The van der Waals surface area contributed by atoms with E-state index in [4.69, 9.17) is 21.6 Å². The van der Waals surface area contributed by atoms with E-state index in [2.05, 4.69) is 15.3 Å². The van der Waals surface area contributed by atoms with Gasteiger partial charge in [-0.1, -0.05) is 11.6 Å². The van der Waals surface area contributed by atoms with Gasteiger partial charge in [-0.2, -0.15) is 18.4 Å². The molecule has 0 amide bonds. The lowest BCUT2D eigenvalue weighted by Crippen LogP contribution is -2.08. The van der Waals surface area contributed by atoms with Crippen molar-refractivity contribution >= 4 is 23.2 Å². The van der Waals surface area contributed by atoms with Crippen LogP contribution in [0.3, 0.4) is 0 Å². The van der Waals surface area contributed by atoms with Crippen LogP contribution in [0, 0.1) is 17.1 Å². The van der Waals surface area contributed by atoms with Gasteiger partial charge in [-0.15, -0.1) is 0 Å². The molecule has 1 aromatic carbocycles. The molecule has 10 heteroatoms. The molecule has 0 aliphatic carbocycles. The molecule has 0 saturated heterocycles. The molecule has 28 heavy (non-hydrogen) atoms. The number of hydrogen-bond acceptors (Lipinski definition) is 5. The Morgan fingerprint density at radius 3 is 2.43 bits per heavy atom. The monoisotopic (exact) mass is 408 g/mol. The predicted molar refractivity (Wildman–Crippen MR) is 93.0 cm³/mol. The zero-order valence-electron chi connectivity index (χ0n) is 13.8. The first kappa shape index (κ1) is 19.4. The molecule has 2 heterocycles. The average molecular weight is 409 g/mol. The van der Waals surface area contributed by atoms with Crippen LogP contribution in [0.2, 0.25) is 5.02 Å². The molecule has 5 nitrogen and oxygen atoms in total. The van der Waals surface area contributed by atoms with E-state index in [-0.39, 0.29) is 28.2 Å². The van der Waals surface area contributed by atoms with Crippen molar-refractivity contribution in [1.82, 2.24) is 9.97 Å². The third kappa shape index (κ3) is 4.47. The summed E-state index contributed by atoms with van der Waals surface area (Å²) in [6.07, 6.45) is -2.74. The molecule has 0 saturated carbocycles. The molecule has 3 aromatic rings. The Hall–Kier alpha value is -3.38. The normalized spacial score (nSPS) is 11.0. The van der Waals surface area contributed by atoms with Crippen LogP contribution in [0.4, 0.5) is 29.2 Å². The third-order valence-corrected chi connectivity index (χ3v) is 3.73. The van der Waals surface area contributed by atoms with E-state index in [1.807, 2.05) is 6.07 Å². The van der Waals surface area contributed by atoms with Crippen LogP contribution >= 0.6 is 11.6 Å². The zero-order chi connectivity index (χ0) is 20.3. The van der Waals surface area contributed by atoms with Gasteiger partial charge < -0.3 is 10.1 Å². The fraction of sp³-hybridized carbons (Fsp3) is 0.0556. The second kappa shape index (κ2) is 7.70. The topological polar surface area (TPSA) is 70.8 Å². The minimum atomic E-state index is -4.65. The van der Waals surface area contributed by atoms with Crippen molar-refractivity contribution < 1.29 is 22.3 Å².